The third kappa shape index (κ3) is 2.96. The summed E-state index contributed by atoms with van der Waals surface area (Å²) in [6.07, 6.45) is 4.96. The van der Waals surface area contributed by atoms with E-state index in [-0.39, 0.29) is 12.5 Å². The van der Waals surface area contributed by atoms with Crippen molar-refractivity contribution in [3.8, 4) is 0 Å². The van der Waals surface area contributed by atoms with Gasteiger partial charge in [0.1, 0.15) is 12.3 Å². The van der Waals surface area contributed by atoms with E-state index in [4.69, 9.17) is 4.42 Å². The lowest BCUT2D eigenvalue weighted by molar-refractivity contribution is -0.122. The number of nitrogens with one attached hydrogen (secondary N) is 1. The molecule has 0 bridgehead atoms. The number of carbonyl (C=O) groups excluding carboxylic acids is 1. The van der Waals surface area contributed by atoms with Crippen LogP contribution in [0.5, 0.6) is 0 Å². The van der Waals surface area contributed by atoms with Crippen LogP contribution in [0.4, 0.5) is 0 Å². The van der Waals surface area contributed by atoms with Gasteiger partial charge in [0.15, 0.2) is 0 Å². The van der Waals surface area contributed by atoms with Crippen molar-refractivity contribution in [1.82, 2.24) is 15.1 Å². The first-order valence-electron chi connectivity index (χ1n) is 4.71. The Kier molecular flexibility index (Phi) is 3.40. The van der Waals surface area contributed by atoms with Gasteiger partial charge in [-0.15, -0.1) is 0 Å². The molecule has 6 heteroatoms. The molecule has 2 heterocycles. The number of carbonyl (C=O) groups is 1. The van der Waals surface area contributed by atoms with Crippen LogP contribution in [0, 0.1) is 0 Å². The number of aromatic nitrogens is 2. The van der Waals surface area contributed by atoms with E-state index in [1.54, 1.807) is 29.4 Å². The number of furan rings is 1. The van der Waals surface area contributed by atoms with Crippen molar-refractivity contribution in [2.75, 3.05) is 0 Å². The minimum Gasteiger partial charge on any atom is -0.467 e. The van der Waals surface area contributed by atoms with Gasteiger partial charge >= 0.3 is 0 Å². The molecule has 0 aromatic carbocycles. The van der Waals surface area contributed by atoms with Gasteiger partial charge in [-0.2, -0.15) is 5.10 Å². The molecule has 0 atom stereocenters. The zero-order chi connectivity index (χ0) is 11.4. The Labute approximate surface area is 101 Å². The average Bonchev–Trinajstić information content (AvgIpc) is 2.87. The van der Waals surface area contributed by atoms with Gasteiger partial charge in [0, 0.05) is 6.20 Å². The largest absolute Gasteiger partial charge is 0.467 e. The Bertz CT molecular complexity index is 464. The first kappa shape index (κ1) is 10.9. The Morgan fingerprint density at radius 1 is 1.62 bits per heavy atom. The second-order valence-corrected chi connectivity index (χ2v) is 4.13. The van der Waals surface area contributed by atoms with Gasteiger partial charge in [-0.25, -0.2) is 0 Å². The normalized spacial score (nSPS) is 10.3. The Balaban J connectivity index is 1.81. The summed E-state index contributed by atoms with van der Waals surface area (Å²) in [6, 6.07) is 3.59. The molecule has 0 spiro atoms. The summed E-state index contributed by atoms with van der Waals surface area (Å²) >= 11 is 3.26. The number of hydrogen-bond acceptors (Lipinski definition) is 3. The van der Waals surface area contributed by atoms with Crippen molar-refractivity contribution in [2.45, 2.75) is 13.1 Å². The Morgan fingerprint density at radius 2 is 2.50 bits per heavy atom. The number of rotatable bonds is 4. The monoisotopic (exact) mass is 283 g/mol. The maximum absolute atomic E-state index is 11.5. The van der Waals surface area contributed by atoms with Crippen LogP contribution in [0.15, 0.2) is 39.7 Å². The molecule has 1 N–H and O–H groups in total. The number of nitrogens with zero attached hydrogens (tertiary/aromatic N) is 2. The molecule has 16 heavy (non-hydrogen) atoms. The zero-order valence-electron chi connectivity index (χ0n) is 8.39. The molecule has 1 amide bonds. The number of halogens is 1. The highest BCUT2D eigenvalue weighted by Crippen LogP contribution is 2.05. The van der Waals surface area contributed by atoms with Gasteiger partial charge in [0.05, 0.1) is 23.5 Å². The first-order valence-corrected chi connectivity index (χ1v) is 5.50. The van der Waals surface area contributed by atoms with Crippen LogP contribution in [0.2, 0.25) is 0 Å². The minimum atomic E-state index is -0.105. The van der Waals surface area contributed by atoms with Crippen molar-refractivity contribution < 1.29 is 9.21 Å². The van der Waals surface area contributed by atoms with E-state index in [0.717, 1.165) is 10.2 Å². The summed E-state index contributed by atoms with van der Waals surface area (Å²) in [5.41, 5.74) is 0. The quantitative estimate of drug-likeness (QED) is 0.926. The molecule has 0 saturated carbocycles. The van der Waals surface area contributed by atoms with Gasteiger partial charge in [-0.3, -0.25) is 9.48 Å². The van der Waals surface area contributed by atoms with Crippen LogP contribution in [-0.2, 0) is 17.9 Å². The maximum atomic E-state index is 11.5. The van der Waals surface area contributed by atoms with E-state index < -0.39 is 0 Å². The van der Waals surface area contributed by atoms with E-state index in [1.807, 2.05) is 6.07 Å². The molecule has 2 aromatic heterocycles. The summed E-state index contributed by atoms with van der Waals surface area (Å²) in [5, 5.41) is 6.72. The molecule has 2 aromatic rings. The standard InChI is InChI=1S/C10H10BrN3O2/c11-8-4-13-14(6-8)7-10(15)12-5-9-2-1-3-16-9/h1-4,6H,5,7H2,(H,12,15). The van der Waals surface area contributed by atoms with Crippen LogP contribution in [-0.4, -0.2) is 15.7 Å². The van der Waals surface area contributed by atoms with Crippen LogP contribution in [0.25, 0.3) is 0 Å². The van der Waals surface area contributed by atoms with Gasteiger partial charge in [0.2, 0.25) is 5.91 Å². The van der Waals surface area contributed by atoms with Crippen molar-refractivity contribution in [3.05, 3.63) is 41.0 Å². The van der Waals surface area contributed by atoms with Crippen LogP contribution in [0.3, 0.4) is 0 Å². The molecule has 5 nitrogen and oxygen atoms in total. The zero-order valence-corrected chi connectivity index (χ0v) is 9.98. The van der Waals surface area contributed by atoms with Crippen molar-refractivity contribution in [1.29, 1.82) is 0 Å². The second-order valence-electron chi connectivity index (χ2n) is 3.21. The van der Waals surface area contributed by atoms with E-state index >= 15 is 0 Å². The van der Waals surface area contributed by atoms with Gasteiger partial charge in [0.25, 0.3) is 0 Å². The van der Waals surface area contributed by atoms with Crippen molar-refractivity contribution in [3.63, 3.8) is 0 Å². The predicted molar refractivity (Wildman–Crippen MR) is 60.5 cm³/mol. The molecule has 0 aliphatic heterocycles. The fourth-order valence-electron chi connectivity index (χ4n) is 1.23. The fraction of sp³-hybridized carbons (Fsp3) is 0.200. The lowest BCUT2D eigenvalue weighted by Crippen LogP contribution is -2.27. The lowest BCUT2D eigenvalue weighted by Gasteiger charge is -2.02. The summed E-state index contributed by atoms with van der Waals surface area (Å²) in [5.74, 6) is 0.627. The molecule has 0 saturated heterocycles. The number of amides is 1. The minimum absolute atomic E-state index is 0.105. The van der Waals surface area contributed by atoms with Crippen molar-refractivity contribution >= 4 is 21.8 Å². The van der Waals surface area contributed by atoms with E-state index in [1.165, 1.54) is 0 Å². The van der Waals surface area contributed by atoms with Crippen LogP contribution < -0.4 is 5.32 Å². The lowest BCUT2D eigenvalue weighted by atomic mass is 10.4. The van der Waals surface area contributed by atoms with E-state index in [0.29, 0.717) is 6.54 Å². The summed E-state index contributed by atoms with van der Waals surface area (Å²) in [6.45, 7) is 0.598. The Hall–Kier alpha value is -1.56. The molecule has 0 unspecified atom stereocenters. The third-order valence-electron chi connectivity index (χ3n) is 1.95. The molecule has 0 fully saturated rings. The smallest absolute Gasteiger partial charge is 0.242 e. The number of hydrogen-bond donors (Lipinski definition) is 1. The van der Waals surface area contributed by atoms with Crippen molar-refractivity contribution in [2.24, 2.45) is 0 Å². The van der Waals surface area contributed by atoms with Gasteiger partial charge in [-0.05, 0) is 28.1 Å². The fourth-order valence-corrected chi connectivity index (χ4v) is 1.55. The highest BCUT2D eigenvalue weighted by molar-refractivity contribution is 9.10. The SMILES string of the molecule is O=C(Cn1cc(Br)cn1)NCc1ccco1. The van der Waals surface area contributed by atoms with Crippen LogP contribution >= 0.6 is 15.9 Å². The molecule has 0 aliphatic carbocycles. The van der Waals surface area contributed by atoms with E-state index in [9.17, 15) is 4.79 Å². The molecule has 0 aliphatic rings. The molecular weight excluding hydrogens is 274 g/mol. The summed E-state index contributed by atoms with van der Waals surface area (Å²) in [4.78, 5) is 11.5. The van der Waals surface area contributed by atoms with E-state index in [2.05, 4.69) is 26.3 Å². The highest BCUT2D eigenvalue weighted by atomic mass is 79.9. The topological polar surface area (TPSA) is 60.1 Å². The predicted octanol–water partition coefficient (Wildman–Crippen LogP) is 1.55. The highest BCUT2D eigenvalue weighted by Gasteiger charge is 2.04. The van der Waals surface area contributed by atoms with Gasteiger partial charge < -0.3 is 9.73 Å². The molecular formula is C10H10BrN3O2. The molecule has 84 valence electrons. The maximum Gasteiger partial charge on any atom is 0.242 e. The van der Waals surface area contributed by atoms with Gasteiger partial charge in [-0.1, -0.05) is 0 Å². The Morgan fingerprint density at radius 3 is 3.12 bits per heavy atom. The third-order valence-corrected chi connectivity index (χ3v) is 2.36. The molecule has 0 radical (unpaired) electrons. The van der Waals surface area contributed by atoms with Crippen LogP contribution in [0.1, 0.15) is 5.76 Å². The second kappa shape index (κ2) is 4.98. The summed E-state index contributed by atoms with van der Waals surface area (Å²) < 4.78 is 7.50. The molecule has 2 rings (SSSR count). The first-order chi connectivity index (χ1) is 7.74. The average molecular weight is 284 g/mol. The summed E-state index contributed by atoms with van der Waals surface area (Å²) in [7, 11) is 0.